The van der Waals surface area contributed by atoms with Gasteiger partial charge in [0.05, 0.1) is 17.3 Å². The minimum Gasteiger partial charge on any atom is -0.480 e. The van der Waals surface area contributed by atoms with E-state index < -0.39 is 29.3 Å². The average molecular weight is 293 g/mol. The second kappa shape index (κ2) is 6.22. The summed E-state index contributed by atoms with van der Waals surface area (Å²) in [5.74, 6) is -1.95. The lowest BCUT2D eigenvalue weighted by Gasteiger charge is -2.27. The molecule has 1 aromatic rings. The number of hydrogen-bond acceptors (Lipinski definition) is 3. The van der Waals surface area contributed by atoms with Gasteiger partial charge in [-0.15, -0.1) is 0 Å². The smallest absolute Gasteiger partial charge is 0.326 e. The van der Waals surface area contributed by atoms with Crippen LogP contribution in [0.15, 0.2) is 18.2 Å². The Balaban J connectivity index is 2.82. The van der Waals surface area contributed by atoms with Crippen molar-refractivity contribution in [3.05, 3.63) is 29.6 Å². The van der Waals surface area contributed by atoms with Crippen molar-refractivity contribution in [1.29, 1.82) is 5.26 Å². The Hall–Kier alpha value is -2.62. The molecule has 1 atom stereocenters. The number of carbonyl (C=O) groups excluding carboxylic acids is 1. The van der Waals surface area contributed by atoms with E-state index in [4.69, 9.17) is 10.4 Å². The maximum atomic E-state index is 13.6. The molecule has 0 bridgehead atoms. The predicted octanol–water partition coefficient (Wildman–Crippen LogP) is 2.32. The van der Waals surface area contributed by atoms with Crippen LogP contribution in [0, 0.1) is 22.6 Å². The predicted molar refractivity (Wildman–Crippen MR) is 74.1 cm³/mol. The Morgan fingerprint density at radius 1 is 1.38 bits per heavy atom. The number of nitriles is 1. The minimum atomic E-state index is -1.18. The SMILES string of the molecule is CC(C)(C)[C@@H](NC(=O)Nc1ccc(C#N)cc1F)C(=O)O. The van der Waals surface area contributed by atoms with Gasteiger partial charge in [-0.1, -0.05) is 20.8 Å². The molecule has 0 aromatic heterocycles. The van der Waals surface area contributed by atoms with Crippen LogP contribution in [0.1, 0.15) is 26.3 Å². The van der Waals surface area contributed by atoms with Crippen LogP contribution in [-0.4, -0.2) is 23.1 Å². The molecule has 0 fully saturated rings. The number of hydrogen-bond donors (Lipinski definition) is 3. The van der Waals surface area contributed by atoms with Crippen LogP contribution in [0.25, 0.3) is 0 Å². The number of carboxylic acid groups (broad SMARTS) is 1. The third-order valence-corrected chi connectivity index (χ3v) is 2.73. The molecule has 0 saturated carbocycles. The van der Waals surface area contributed by atoms with E-state index in [9.17, 15) is 14.0 Å². The second-order valence-corrected chi connectivity index (χ2v) is 5.54. The first-order valence-corrected chi connectivity index (χ1v) is 6.15. The highest BCUT2D eigenvalue weighted by Gasteiger charge is 2.32. The molecule has 0 aliphatic heterocycles. The van der Waals surface area contributed by atoms with Gasteiger partial charge >= 0.3 is 12.0 Å². The van der Waals surface area contributed by atoms with Gasteiger partial charge in [-0.25, -0.2) is 14.0 Å². The molecule has 0 unspecified atom stereocenters. The fraction of sp³-hybridized carbons (Fsp3) is 0.357. The lowest BCUT2D eigenvalue weighted by molar-refractivity contribution is -0.141. The number of rotatable bonds is 3. The monoisotopic (exact) mass is 293 g/mol. The fourth-order valence-corrected chi connectivity index (χ4v) is 1.62. The van der Waals surface area contributed by atoms with Crippen LogP contribution in [0.4, 0.5) is 14.9 Å². The van der Waals surface area contributed by atoms with Crippen molar-refractivity contribution in [2.75, 3.05) is 5.32 Å². The Bertz CT molecular complexity index is 602. The summed E-state index contributed by atoms with van der Waals surface area (Å²) in [5.41, 5.74) is -0.715. The maximum absolute atomic E-state index is 13.6. The van der Waals surface area contributed by atoms with Gasteiger partial charge in [-0.05, 0) is 23.6 Å². The normalized spacial score (nSPS) is 12.1. The van der Waals surface area contributed by atoms with E-state index in [-0.39, 0.29) is 11.3 Å². The standard InChI is InChI=1S/C14H16FN3O3/c1-14(2,3)11(12(19)20)18-13(21)17-10-5-4-8(7-16)6-9(10)15/h4-6,11H,1-3H3,(H,19,20)(H2,17,18,21)/t11-/m0/s1. The molecule has 6 nitrogen and oxygen atoms in total. The van der Waals surface area contributed by atoms with E-state index in [1.165, 1.54) is 12.1 Å². The van der Waals surface area contributed by atoms with Crippen LogP contribution < -0.4 is 10.6 Å². The zero-order chi connectivity index (χ0) is 16.2. The Labute approximate surface area is 121 Å². The molecule has 2 amide bonds. The van der Waals surface area contributed by atoms with E-state index in [1.54, 1.807) is 26.8 Å². The number of carboxylic acids is 1. The Morgan fingerprint density at radius 2 is 2.00 bits per heavy atom. The number of halogens is 1. The molecule has 0 aliphatic carbocycles. The summed E-state index contributed by atoms with van der Waals surface area (Å²) in [6, 6.07) is 3.37. The summed E-state index contributed by atoms with van der Waals surface area (Å²) in [7, 11) is 0. The number of aliphatic carboxylic acids is 1. The lowest BCUT2D eigenvalue weighted by atomic mass is 9.87. The molecular weight excluding hydrogens is 277 g/mol. The van der Waals surface area contributed by atoms with Gasteiger partial charge in [-0.3, -0.25) is 0 Å². The van der Waals surface area contributed by atoms with Gasteiger partial charge in [-0.2, -0.15) is 5.26 Å². The summed E-state index contributed by atoms with van der Waals surface area (Å²) >= 11 is 0. The van der Waals surface area contributed by atoms with Gasteiger partial charge in [0.25, 0.3) is 0 Å². The number of benzene rings is 1. The summed E-state index contributed by atoms with van der Waals surface area (Å²) in [6.45, 7) is 4.98. The van der Waals surface area contributed by atoms with Crippen LogP contribution in [0.2, 0.25) is 0 Å². The Morgan fingerprint density at radius 3 is 2.43 bits per heavy atom. The number of nitrogens with one attached hydrogen (secondary N) is 2. The van der Waals surface area contributed by atoms with Crippen molar-refractivity contribution in [3.63, 3.8) is 0 Å². The molecule has 0 spiro atoms. The Kier molecular flexibility index (Phi) is 4.87. The summed E-state index contributed by atoms with van der Waals surface area (Å²) in [5, 5.41) is 22.2. The molecular formula is C14H16FN3O3. The van der Waals surface area contributed by atoms with Crippen LogP contribution >= 0.6 is 0 Å². The zero-order valence-electron chi connectivity index (χ0n) is 11.9. The summed E-state index contributed by atoms with van der Waals surface area (Å²) < 4.78 is 13.6. The number of nitrogens with zero attached hydrogens (tertiary/aromatic N) is 1. The molecule has 0 radical (unpaired) electrons. The van der Waals surface area contributed by atoms with Gasteiger partial charge in [0.15, 0.2) is 0 Å². The first-order chi connectivity index (χ1) is 9.65. The molecule has 0 aliphatic rings. The van der Waals surface area contributed by atoms with Crippen LogP contribution in [0.3, 0.4) is 0 Å². The minimum absolute atomic E-state index is 0.122. The van der Waals surface area contributed by atoms with E-state index in [0.29, 0.717) is 0 Å². The average Bonchev–Trinajstić information content (AvgIpc) is 2.36. The first-order valence-electron chi connectivity index (χ1n) is 6.15. The van der Waals surface area contributed by atoms with Crippen molar-refractivity contribution < 1.29 is 19.1 Å². The second-order valence-electron chi connectivity index (χ2n) is 5.54. The fourth-order valence-electron chi connectivity index (χ4n) is 1.62. The highest BCUT2D eigenvalue weighted by molar-refractivity contribution is 5.92. The first kappa shape index (κ1) is 16.4. The van der Waals surface area contributed by atoms with Crippen molar-refractivity contribution in [2.24, 2.45) is 5.41 Å². The third-order valence-electron chi connectivity index (χ3n) is 2.73. The van der Waals surface area contributed by atoms with Crippen molar-refractivity contribution >= 4 is 17.7 Å². The molecule has 7 heteroatoms. The van der Waals surface area contributed by atoms with Crippen molar-refractivity contribution in [3.8, 4) is 6.07 Å². The maximum Gasteiger partial charge on any atom is 0.326 e. The molecule has 21 heavy (non-hydrogen) atoms. The zero-order valence-corrected chi connectivity index (χ0v) is 11.9. The topological polar surface area (TPSA) is 102 Å². The quantitative estimate of drug-likeness (QED) is 0.795. The number of urea groups is 1. The number of carbonyl (C=O) groups is 2. The van der Waals surface area contributed by atoms with Gasteiger partial charge < -0.3 is 15.7 Å². The van der Waals surface area contributed by atoms with E-state index in [0.717, 1.165) is 6.07 Å². The summed E-state index contributed by atoms with van der Waals surface area (Å²) in [4.78, 5) is 22.9. The van der Waals surface area contributed by atoms with Crippen molar-refractivity contribution in [2.45, 2.75) is 26.8 Å². The van der Waals surface area contributed by atoms with E-state index in [2.05, 4.69) is 10.6 Å². The van der Waals surface area contributed by atoms with Gasteiger partial charge in [0.2, 0.25) is 0 Å². The third kappa shape index (κ3) is 4.45. The lowest BCUT2D eigenvalue weighted by Crippen LogP contribution is -2.50. The molecule has 0 saturated heterocycles. The number of anilines is 1. The van der Waals surface area contributed by atoms with E-state index >= 15 is 0 Å². The summed E-state index contributed by atoms with van der Waals surface area (Å²) in [6.07, 6.45) is 0. The largest absolute Gasteiger partial charge is 0.480 e. The molecule has 1 aromatic carbocycles. The van der Waals surface area contributed by atoms with Crippen LogP contribution in [-0.2, 0) is 4.79 Å². The van der Waals surface area contributed by atoms with Crippen LogP contribution in [0.5, 0.6) is 0 Å². The molecule has 1 rings (SSSR count). The highest BCUT2D eigenvalue weighted by Crippen LogP contribution is 2.20. The molecule has 112 valence electrons. The molecule has 0 heterocycles. The van der Waals surface area contributed by atoms with Crippen molar-refractivity contribution in [1.82, 2.24) is 5.32 Å². The molecule has 3 N–H and O–H groups in total. The number of amides is 2. The van der Waals surface area contributed by atoms with E-state index in [1.807, 2.05) is 0 Å². The highest BCUT2D eigenvalue weighted by atomic mass is 19.1. The van der Waals surface area contributed by atoms with Gasteiger partial charge in [0.1, 0.15) is 11.9 Å². The van der Waals surface area contributed by atoms with Gasteiger partial charge in [0, 0.05) is 0 Å².